The third-order valence-corrected chi connectivity index (χ3v) is 4.17. The van der Waals surface area contributed by atoms with Gasteiger partial charge in [0.1, 0.15) is 5.82 Å². The van der Waals surface area contributed by atoms with Crippen molar-refractivity contribution in [2.24, 2.45) is 0 Å². The van der Waals surface area contributed by atoms with E-state index in [1.165, 1.54) is 24.3 Å². The van der Waals surface area contributed by atoms with Gasteiger partial charge in [-0.2, -0.15) is 0 Å². The van der Waals surface area contributed by atoms with Crippen molar-refractivity contribution in [2.45, 2.75) is 25.8 Å². The summed E-state index contributed by atoms with van der Waals surface area (Å²) in [6.45, 7) is 1.30. The molecule has 3 rings (SSSR count). The fourth-order valence-electron chi connectivity index (χ4n) is 2.76. The first-order valence-electron chi connectivity index (χ1n) is 8.59. The summed E-state index contributed by atoms with van der Waals surface area (Å²) in [5, 5.41) is 2.82. The molecule has 0 aliphatic rings. The number of para-hydroxylation sites is 2. The van der Waals surface area contributed by atoms with Gasteiger partial charge >= 0.3 is 0 Å². The fraction of sp³-hybridized carbons (Fsp3) is 0.250. The van der Waals surface area contributed by atoms with Crippen molar-refractivity contribution in [3.8, 4) is 0 Å². The van der Waals surface area contributed by atoms with Crippen molar-refractivity contribution in [2.75, 3.05) is 6.54 Å². The molecule has 0 aliphatic carbocycles. The van der Waals surface area contributed by atoms with Gasteiger partial charge in [-0.05, 0) is 42.8 Å². The standard InChI is InChI=1S/C20H20FN3O2/c21-16-8-6-15(7-9-16)19(25)10-11-20(26)22-12-3-13-24-14-23-17-4-1-2-5-18(17)24/h1-2,4-9,14H,3,10-13H2,(H,22,26). The third kappa shape index (κ3) is 4.53. The van der Waals surface area contributed by atoms with Crippen LogP contribution in [-0.2, 0) is 11.3 Å². The molecule has 0 unspecified atom stereocenters. The molecule has 1 amide bonds. The highest BCUT2D eigenvalue weighted by molar-refractivity contribution is 5.97. The number of Topliss-reactive ketones (excluding diaryl/α,β-unsaturated/α-hetero) is 1. The Kier molecular flexibility index (Phi) is 5.73. The zero-order valence-corrected chi connectivity index (χ0v) is 14.3. The van der Waals surface area contributed by atoms with Crippen LogP contribution in [0.3, 0.4) is 0 Å². The highest BCUT2D eigenvalue weighted by atomic mass is 19.1. The van der Waals surface area contributed by atoms with E-state index in [-0.39, 0.29) is 30.3 Å². The van der Waals surface area contributed by atoms with Crippen LogP contribution in [0.25, 0.3) is 11.0 Å². The Morgan fingerprint density at radius 1 is 1.04 bits per heavy atom. The van der Waals surface area contributed by atoms with Crippen LogP contribution >= 0.6 is 0 Å². The number of nitrogens with one attached hydrogen (secondary N) is 1. The van der Waals surface area contributed by atoms with E-state index in [0.29, 0.717) is 12.1 Å². The second kappa shape index (κ2) is 8.38. The number of aromatic nitrogens is 2. The molecule has 134 valence electrons. The van der Waals surface area contributed by atoms with Crippen LogP contribution < -0.4 is 5.32 Å². The van der Waals surface area contributed by atoms with Crippen LogP contribution in [0, 0.1) is 5.82 Å². The van der Waals surface area contributed by atoms with Gasteiger partial charge in [-0.25, -0.2) is 9.37 Å². The molecule has 2 aromatic carbocycles. The highest BCUT2D eigenvalue weighted by Crippen LogP contribution is 2.12. The molecule has 26 heavy (non-hydrogen) atoms. The van der Waals surface area contributed by atoms with Gasteiger partial charge in [0, 0.05) is 31.5 Å². The van der Waals surface area contributed by atoms with Crippen LogP contribution in [-0.4, -0.2) is 27.8 Å². The normalized spacial score (nSPS) is 10.8. The maximum Gasteiger partial charge on any atom is 0.220 e. The summed E-state index contributed by atoms with van der Waals surface area (Å²) in [5.41, 5.74) is 2.45. The number of carbonyl (C=O) groups excluding carboxylic acids is 2. The Morgan fingerprint density at radius 3 is 2.62 bits per heavy atom. The molecule has 1 heterocycles. The number of rotatable bonds is 8. The number of carbonyl (C=O) groups is 2. The van der Waals surface area contributed by atoms with E-state index in [4.69, 9.17) is 0 Å². The zero-order valence-electron chi connectivity index (χ0n) is 14.3. The predicted octanol–water partition coefficient (Wildman–Crippen LogP) is 3.34. The van der Waals surface area contributed by atoms with Crippen LogP contribution in [0.5, 0.6) is 0 Å². The Hall–Kier alpha value is -3.02. The Morgan fingerprint density at radius 2 is 1.81 bits per heavy atom. The molecule has 0 radical (unpaired) electrons. The van der Waals surface area contributed by atoms with Crippen molar-refractivity contribution in [1.29, 1.82) is 0 Å². The maximum atomic E-state index is 12.8. The Balaban J connectivity index is 1.38. The van der Waals surface area contributed by atoms with Gasteiger partial charge < -0.3 is 9.88 Å². The minimum Gasteiger partial charge on any atom is -0.356 e. The van der Waals surface area contributed by atoms with Gasteiger partial charge in [-0.1, -0.05) is 12.1 Å². The lowest BCUT2D eigenvalue weighted by Crippen LogP contribution is -2.25. The highest BCUT2D eigenvalue weighted by Gasteiger charge is 2.09. The average molecular weight is 353 g/mol. The maximum absolute atomic E-state index is 12.8. The van der Waals surface area contributed by atoms with Gasteiger partial charge in [0.25, 0.3) is 0 Å². The van der Waals surface area contributed by atoms with Crippen molar-refractivity contribution < 1.29 is 14.0 Å². The van der Waals surface area contributed by atoms with Gasteiger partial charge in [-0.3, -0.25) is 9.59 Å². The molecule has 0 bridgehead atoms. The molecular weight excluding hydrogens is 333 g/mol. The third-order valence-electron chi connectivity index (χ3n) is 4.17. The van der Waals surface area contributed by atoms with E-state index in [2.05, 4.69) is 14.9 Å². The molecule has 1 aromatic heterocycles. The number of amides is 1. The summed E-state index contributed by atoms with van der Waals surface area (Å²) in [7, 11) is 0. The van der Waals surface area contributed by atoms with E-state index in [1.807, 2.05) is 24.3 Å². The van der Waals surface area contributed by atoms with Gasteiger partial charge in [0.15, 0.2) is 5.78 Å². The second-order valence-corrected chi connectivity index (χ2v) is 6.06. The molecule has 1 N–H and O–H groups in total. The number of benzene rings is 2. The van der Waals surface area contributed by atoms with E-state index in [0.717, 1.165) is 24.0 Å². The van der Waals surface area contributed by atoms with Crippen LogP contribution in [0.1, 0.15) is 29.6 Å². The molecular formula is C20H20FN3O2. The first-order chi connectivity index (χ1) is 12.6. The summed E-state index contributed by atoms with van der Waals surface area (Å²) in [5.74, 6) is -0.703. The zero-order chi connectivity index (χ0) is 18.4. The molecule has 0 saturated carbocycles. The quantitative estimate of drug-likeness (QED) is 0.499. The number of nitrogens with zero attached hydrogens (tertiary/aromatic N) is 2. The number of halogens is 1. The molecule has 3 aromatic rings. The fourth-order valence-corrected chi connectivity index (χ4v) is 2.76. The summed E-state index contributed by atoms with van der Waals surface area (Å²) >= 11 is 0. The lowest BCUT2D eigenvalue weighted by Gasteiger charge is -2.07. The Labute approximate surface area is 150 Å². The van der Waals surface area contributed by atoms with Crippen LogP contribution in [0.15, 0.2) is 54.9 Å². The van der Waals surface area contributed by atoms with Gasteiger partial charge in [-0.15, -0.1) is 0 Å². The number of imidazole rings is 1. The van der Waals surface area contributed by atoms with Crippen LogP contribution in [0.2, 0.25) is 0 Å². The minimum atomic E-state index is -0.384. The smallest absolute Gasteiger partial charge is 0.220 e. The lowest BCUT2D eigenvalue weighted by atomic mass is 10.1. The van der Waals surface area contributed by atoms with Crippen molar-refractivity contribution >= 4 is 22.7 Å². The molecule has 5 nitrogen and oxygen atoms in total. The number of ketones is 1. The number of aryl methyl sites for hydroxylation is 1. The molecule has 0 fully saturated rings. The van der Waals surface area contributed by atoms with E-state index < -0.39 is 0 Å². The van der Waals surface area contributed by atoms with Gasteiger partial charge in [0.05, 0.1) is 17.4 Å². The topological polar surface area (TPSA) is 64.0 Å². The van der Waals surface area contributed by atoms with E-state index in [9.17, 15) is 14.0 Å². The molecule has 6 heteroatoms. The average Bonchev–Trinajstić information content (AvgIpc) is 3.07. The van der Waals surface area contributed by atoms with Crippen molar-refractivity contribution in [1.82, 2.24) is 14.9 Å². The lowest BCUT2D eigenvalue weighted by molar-refractivity contribution is -0.121. The van der Waals surface area contributed by atoms with Gasteiger partial charge in [0.2, 0.25) is 5.91 Å². The van der Waals surface area contributed by atoms with E-state index in [1.54, 1.807) is 6.33 Å². The number of fused-ring (bicyclic) bond motifs is 1. The first-order valence-corrected chi connectivity index (χ1v) is 8.59. The summed E-state index contributed by atoms with van der Waals surface area (Å²) < 4.78 is 14.9. The minimum absolute atomic E-state index is 0.115. The van der Waals surface area contributed by atoms with Crippen molar-refractivity contribution in [3.05, 3.63) is 66.2 Å². The van der Waals surface area contributed by atoms with Crippen molar-refractivity contribution in [3.63, 3.8) is 0 Å². The molecule has 0 saturated heterocycles. The van der Waals surface area contributed by atoms with Crippen LogP contribution in [0.4, 0.5) is 4.39 Å². The number of hydrogen-bond acceptors (Lipinski definition) is 3. The first kappa shape index (κ1) is 17.8. The number of hydrogen-bond donors (Lipinski definition) is 1. The molecule has 0 atom stereocenters. The summed E-state index contributed by atoms with van der Waals surface area (Å²) in [4.78, 5) is 28.2. The largest absolute Gasteiger partial charge is 0.356 e. The SMILES string of the molecule is O=C(CCC(=O)c1ccc(F)cc1)NCCCn1cnc2ccccc21. The predicted molar refractivity (Wildman–Crippen MR) is 97.3 cm³/mol. The monoisotopic (exact) mass is 353 g/mol. The summed E-state index contributed by atoms with van der Waals surface area (Å²) in [6, 6.07) is 13.3. The molecule has 0 spiro atoms. The van der Waals surface area contributed by atoms with E-state index >= 15 is 0 Å². The summed E-state index contributed by atoms with van der Waals surface area (Å²) in [6.07, 6.45) is 2.82. The molecule has 0 aliphatic heterocycles. The second-order valence-electron chi connectivity index (χ2n) is 6.06. The Bertz CT molecular complexity index is 903.